The van der Waals surface area contributed by atoms with E-state index < -0.39 is 0 Å². The number of hydrogen-bond acceptors (Lipinski definition) is 2. The van der Waals surface area contributed by atoms with Crippen molar-refractivity contribution in [1.82, 2.24) is 0 Å². The first-order valence-electron chi connectivity index (χ1n) is 7.04. The maximum atomic E-state index is 9.59. The smallest absolute Gasteiger partial charge is 0.131 e. The Morgan fingerprint density at radius 3 is 2.65 bits per heavy atom. The fourth-order valence-corrected chi connectivity index (χ4v) is 2.60. The largest absolute Gasteiger partial charge is 0.508 e. The molecule has 0 saturated carbocycles. The fourth-order valence-electron chi connectivity index (χ4n) is 2.60. The first-order chi connectivity index (χ1) is 9.78. The van der Waals surface area contributed by atoms with Crippen molar-refractivity contribution in [2.45, 2.75) is 25.9 Å². The molecular formula is C18H18O2. The molecule has 0 spiro atoms. The molecule has 1 atom stereocenters. The van der Waals surface area contributed by atoms with Gasteiger partial charge in [-0.2, -0.15) is 0 Å². The minimum absolute atomic E-state index is 0.0525. The summed E-state index contributed by atoms with van der Waals surface area (Å²) in [6.07, 6.45) is 4.25. The molecular weight excluding hydrogens is 248 g/mol. The Bertz CT molecular complexity index is 629. The lowest BCUT2D eigenvalue weighted by Gasteiger charge is -2.27. The first kappa shape index (κ1) is 12.8. The highest BCUT2D eigenvalue weighted by atomic mass is 16.5. The van der Waals surface area contributed by atoms with Crippen molar-refractivity contribution in [1.29, 1.82) is 0 Å². The van der Waals surface area contributed by atoms with Crippen LogP contribution in [0.15, 0.2) is 48.5 Å². The number of aromatic hydroxyl groups is 1. The molecule has 1 heterocycles. The Balaban J connectivity index is 2.06. The van der Waals surface area contributed by atoms with Crippen LogP contribution in [-0.2, 0) is 0 Å². The Kier molecular flexibility index (Phi) is 3.46. The number of fused-ring (bicyclic) bond motifs is 1. The van der Waals surface area contributed by atoms with Gasteiger partial charge in [-0.3, -0.25) is 0 Å². The Labute approximate surface area is 119 Å². The third-order valence-corrected chi connectivity index (χ3v) is 3.58. The number of ether oxygens (including phenoxy) is 1. The number of rotatable bonds is 3. The topological polar surface area (TPSA) is 29.5 Å². The van der Waals surface area contributed by atoms with Crippen molar-refractivity contribution in [3.8, 4) is 11.5 Å². The molecule has 1 aliphatic heterocycles. The Hall–Kier alpha value is -2.22. The van der Waals surface area contributed by atoms with E-state index in [-0.39, 0.29) is 11.9 Å². The lowest BCUT2D eigenvalue weighted by molar-refractivity contribution is 0.242. The highest BCUT2D eigenvalue weighted by Crippen LogP contribution is 2.37. The fraction of sp³-hybridized carbons (Fsp3) is 0.222. The zero-order chi connectivity index (χ0) is 13.9. The second-order valence-corrected chi connectivity index (χ2v) is 5.08. The molecule has 2 aromatic carbocycles. The van der Waals surface area contributed by atoms with Crippen LogP contribution in [-0.4, -0.2) is 11.2 Å². The normalized spacial score (nSPS) is 17.1. The third kappa shape index (κ3) is 2.42. The second-order valence-electron chi connectivity index (χ2n) is 5.08. The molecule has 0 aliphatic carbocycles. The number of hydrogen-bond donors (Lipinski definition) is 1. The van der Waals surface area contributed by atoms with Crippen LogP contribution in [0.5, 0.6) is 11.5 Å². The molecule has 2 nitrogen and oxygen atoms in total. The summed E-state index contributed by atoms with van der Waals surface area (Å²) < 4.78 is 6.09. The van der Waals surface area contributed by atoms with E-state index in [1.807, 2.05) is 24.3 Å². The van der Waals surface area contributed by atoms with E-state index in [9.17, 15) is 5.11 Å². The van der Waals surface area contributed by atoms with Crippen LogP contribution in [0.1, 0.15) is 30.9 Å². The minimum atomic E-state index is 0.0525. The van der Waals surface area contributed by atoms with Crippen LogP contribution >= 0.6 is 0 Å². The predicted molar refractivity (Wildman–Crippen MR) is 81.7 cm³/mol. The van der Waals surface area contributed by atoms with Gasteiger partial charge in [0, 0.05) is 17.2 Å². The molecule has 0 radical (unpaired) electrons. The van der Waals surface area contributed by atoms with Crippen molar-refractivity contribution < 1.29 is 9.84 Å². The van der Waals surface area contributed by atoms with E-state index in [0.29, 0.717) is 0 Å². The quantitative estimate of drug-likeness (QED) is 0.886. The maximum Gasteiger partial charge on any atom is 0.131 e. The summed E-state index contributed by atoms with van der Waals surface area (Å²) in [6.45, 7) is 2.16. The van der Waals surface area contributed by atoms with Gasteiger partial charge in [-0.05, 0) is 30.2 Å². The zero-order valence-corrected chi connectivity index (χ0v) is 11.5. The molecule has 0 aromatic heterocycles. The molecule has 1 N–H and O–H groups in total. The standard InChI is InChI=1S/C18H18O2/c1-2-6-17-16(13-7-4-3-5-8-13)11-14-9-10-15(19)12-18(14)20-17/h3-5,7-12,17,19H,2,6H2,1H3. The first-order valence-corrected chi connectivity index (χ1v) is 7.04. The number of phenolic OH excluding ortho intramolecular Hbond substituents is 1. The van der Waals surface area contributed by atoms with Gasteiger partial charge in [0.05, 0.1) is 0 Å². The molecule has 0 amide bonds. The number of benzene rings is 2. The zero-order valence-electron chi connectivity index (χ0n) is 11.5. The van der Waals surface area contributed by atoms with Crippen LogP contribution in [0, 0.1) is 0 Å². The highest BCUT2D eigenvalue weighted by Gasteiger charge is 2.23. The van der Waals surface area contributed by atoms with E-state index >= 15 is 0 Å². The van der Waals surface area contributed by atoms with Gasteiger partial charge in [0.25, 0.3) is 0 Å². The second kappa shape index (κ2) is 5.41. The molecule has 1 unspecified atom stereocenters. The molecule has 20 heavy (non-hydrogen) atoms. The van der Waals surface area contributed by atoms with Gasteiger partial charge in [-0.25, -0.2) is 0 Å². The summed E-state index contributed by atoms with van der Waals surface area (Å²) in [5.74, 6) is 1.01. The third-order valence-electron chi connectivity index (χ3n) is 3.58. The molecule has 102 valence electrons. The summed E-state index contributed by atoms with van der Waals surface area (Å²) in [5, 5.41) is 9.59. The van der Waals surface area contributed by atoms with Crippen molar-refractivity contribution in [2.24, 2.45) is 0 Å². The minimum Gasteiger partial charge on any atom is -0.508 e. The Morgan fingerprint density at radius 2 is 1.90 bits per heavy atom. The summed E-state index contributed by atoms with van der Waals surface area (Å²) in [7, 11) is 0. The molecule has 2 aromatic rings. The molecule has 0 bridgehead atoms. The summed E-state index contributed by atoms with van der Waals surface area (Å²) in [5.41, 5.74) is 3.43. The summed E-state index contributed by atoms with van der Waals surface area (Å²) >= 11 is 0. The van der Waals surface area contributed by atoms with Gasteiger partial charge in [0.1, 0.15) is 17.6 Å². The van der Waals surface area contributed by atoms with Crippen molar-refractivity contribution >= 4 is 11.6 Å². The van der Waals surface area contributed by atoms with Crippen molar-refractivity contribution in [3.63, 3.8) is 0 Å². The van der Waals surface area contributed by atoms with E-state index in [1.54, 1.807) is 12.1 Å². The summed E-state index contributed by atoms with van der Waals surface area (Å²) in [4.78, 5) is 0. The Morgan fingerprint density at radius 1 is 1.10 bits per heavy atom. The van der Waals surface area contributed by atoms with Gasteiger partial charge in [-0.1, -0.05) is 43.7 Å². The van der Waals surface area contributed by atoms with Gasteiger partial charge in [-0.15, -0.1) is 0 Å². The van der Waals surface area contributed by atoms with Crippen LogP contribution in [0.4, 0.5) is 0 Å². The van der Waals surface area contributed by atoms with Crippen molar-refractivity contribution in [3.05, 3.63) is 59.7 Å². The van der Waals surface area contributed by atoms with Crippen LogP contribution in [0.25, 0.3) is 11.6 Å². The van der Waals surface area contributed by atoms with Gasteiger partial charge in [0.2, 0.25) is 0 Å². The highest BCUT2D eigenvalue weighted by molar-refractivity contribution is 5.87. The van der Waals surface area contributed by atoms with Gasteiger partial charge >= 0.3 is 0 Å². The van der Waals surface area contributed by atoms with E-state index in [4.69, 9.17) is 4.74 Å². The maximum absolute atomic E-state index is 9.59. The number of phenols is 1. The average molecular weight is 266 g/mol. The molecule has 3 rings (SSSR count). The molecule has 2 heteroatoms. The van der Waals surface area contributed by atoms with Crippen LogP contribution in [0.3, 0.4) is 0 Å². The van der Waals surface area contributed by atoms with E-state index in [1.165, 1.54) is 11.1 Å². The average Bonchev–Trinajstić information content (AvgIpc) is 2.48. The molecule has 0 fully saturated rings. The molecule has 1 aliphatic rings. The molecule has 0 saturated heterocycles. The van der Waals surface area contributed by atoms with Gasteiger partial charge in [0.15, 0.2) is 0 Å². The van der Waals surface area contributed by atoms with Crippen LogP contribution in [0.2, 0.25) is 0 Å². The van der Waals surface area contributed by atoms with Crippen LogP contribution < -0.4 is 4.74 Å². The SMILES string of the molecule is CCCC1Oc2cc(O)ccc2C=C1c1ccccc1. The lowest BCUT2D eigenvalue weighted by atomic mass is 9.93. The van der Waals surface area contributed by atoms with E-state index in [2.05, 4.69) is 25.1 Å². The van der Waals surface area contributed by atoms with Crippen molar-refractivity contribution in [2.75, 3.05) is 0 Å². The van der Waals surface area contributed by atoms with E-state index in [0.717, 1.165) is 24.2 Å². The predicted octanol–water partition coefficient (Wildman–Crippen LogP) is 4.49. The van der Waals surface area contributed by atoms with Gasteiger partial charge < -0.3 is 9.84 Å². The summed E-state index contributed by atoms with van der Waals surface area (Å²) in [6, 6.07) is 15.6. The monoisotopic (exact) mass is 266 g/mol. The lowest BCUT2D eigenvalue weighted by Crippen LogP contribution is -2.21.